The minimum Gasteiger partial charge on any atom is -0.309 e. The summed E-state index contributed by atoms with van der Waals surface area (Å²) in [7, 11) is 1.83. The molecule has 2 unspecified atom stereocenters. The van der Waals surface area contributed by atoms with Crippen molar-refractivity contribution in [2.45, 2.75) is 26.2 Å². The second-order valence-corrected chi connectivity index (χ2v) is 5.14. The Kier molecular flexibility index (Phi) is 4.56. The number of amides is 1. The van der Waals surface area contributed by atoms with Gasteiger partial charge in [0.25, 0.3) is 0 Å². The van der Waals surface area contributed by atoms with E-state index in [9.17, 15) is 4.79 Å². The van der Waals surface area contributed by atoms with Crippen molar-refractivity contribution in [3.05, 3.63) is 48.2 Å². The van der Waals surface area contributed by atoms with Gasteiger partial charge in [0.05, 0.1) is 5.92 Å². The average Bonchev–Trinajstić information content (AvgIpc) is 2.85. The van der Waals surface area contributed by atoms with Crippen molar-refractivity contribution < 1.29 is 4.79 Å². The SMILES string of the molecule is CCC(C)C(C(=O)Nc1ccn(C)n1)c1ccccc1. The molecule has 0 fully saturated rings. The number of nitrogens with zero attached hydrogens (tertiary/aromatic N) is 2. The van der Waals surface area contributed by atoms with Gasteiger partial charge in [0.2, 0.25) is 5.91 Å². The van der Waals surface area contributed by atoms with Crippen molar-refractivity contribution in [2.75, 3.05) is 5.32 Å². The Balaban J connectivity index is 2.20. The molecule has 0 aliphatic rings. The van der Waals surface area contributed by atoms with Gasteiger partial charge in [0.15, 0.2) is 5.82 Å². The number of hydrogen-bond acceptors (Lipinski definition) is 2. The van der Waals surface area contributed by atoms with Gasteiger partial charge < -0.3 is 5.32 Å². The highest BCUT2D eigenvalue weighted by atomic mass is 16.2. The van der Waals surface area contributed by atoms with Crippen LogP contribution in [0.4, 0.5) is 5.82 Å². The van der Waals surface area contributed by atoms with Gasteiger partial charge >= 0.3 is 0 Å². The predicted octanol–water partition coefficient (Wildman–Crippen LogP) is 3.19. The summed E-state index contributed by atoms with van der Waals surface area (Å²) in [5, 5.41) is 7.10. The molecule has 0 aliphatic carbocycles. The zero-order valence-corrected chi connectivity index (χ0v) is 12.2. The van der Waals surface area contributed by atoms with Gasteiger partial charge in [-0.15, -0.1) is 0 Å². The number of hydrogen-bond donors (Lipinski definition) is 1. The van der Waals surface area contributed by atoms with Gasteiger partial charge in [-0.1, -0.05) is 50.6 Å². The summed E-state index contributed by atoms with van der Waals surface area (Å²) >= 11 is 0. The first-order valence-electron chi connectivity index (χ1n) is 6.97. The summed E-state index contributed by atoms with van der Waals surface area (Å²) in [5.41, 5.74) is 1.05. The Bertz CT molecular complexity index is 562. The fourth-order valence-electron chi connectivity index (χ4n) is 2.32. The predicted molar refractivity (Wildman–Crippen MR) is 80.5 cm³/mol. The maximum absolute atomic E-state index is 12.6. The number of carbonyl (C=O) groups is 1. The Morgan fingerprint density at radius 1 is 1.30 bits per heavy atom. The van der Waals surface area contributed by atoms with E-state index in [-0.39, 0.29) is 17.7 Å². The molecule has 1 N–H and O–H groups in total. The van der Waals surface area contributed by atoms with Crippen LogP contribution in [0.1, 0.15) is 31.7 Å². The molecule has 0 radical (unpaired) electrons. The second-order valence-electron chi connectivity index (χ2n) is 5.14. The number of benzene rings is 1. The van der Waals surface area contributed by atoms with Crippen molar-refractivity contribution in [3.8, 4) is 0 Å². The molecule has 4 heteroatoms. The lowest BCUT2D eigenvalue weighted by Gasteiger charge is -2.22. The normalized spacial score (nSPS) is 13.8. The topological polar surface area (TPSA) is 46.9 Å². The van der Waals surface area contributed by atoms with Crippen molar-refractivity contribution in [3.63, 3.8) is 0 Å². The third-order valence-electron chi connectivity index (χ3n) is 3.62. The molecule has 1 aromatic carbocycles. The second kappa shape index (κ2) is 6.37. The first-order valence-corrected chi connectivity index (χ1v) is 6.97. The monoisotopic (exact) mass is 271 g/mol. The fraction of sp³-hybridized carbons (Fsp3) is 0.375. The quantitative estimate of drug-likeness (QED) is 0.907. The standard InChI is InChI=1S/C16H21N3O/c1-4-12(2)15(13-8-6-5-7-9-13)16(20)17-14-10-11-19(3)18-14/h5-12,15H,4H2,1-3H3,(H,17,18,20). The van der Waals surface area contributed by atoms with E-state index in [1.807, 2.05) is 43.6 Å². The molecule has 2 rings (SSSR count). The van der Waals surface area contributed by atoms with Crippen molar-refractivity contribution in [1.82, 2.24) is 9.78 Å². The molecular formula is C16H21N3O. The molecule has 1 aromatic heterocycles. The highest BCUT2D eigenvalue weighted by molar-refractivity contribution is 5.95. The zero-order valence-electron chi connectivity index (χ0n) is 12.2. The fourth-order valence-corrected chi connectivity index (χ4v) is 2.32. The van der Waals surface area contributed by atoms with Gasteiger partial charge in [-0.25, -0.2) is 0 Å². The number of aromatic nitrogens is 2. The van der Waals surface area contributed by atoms with Gasteiger partial charge in [0, 0.05) is 19.3 Å². The molecule has 2 atom stereocenters. The van der Waals surface area contributed by atoms with Crippen LogP contribution in [0.25, 0.3) is 0 Å². The van der Waals surface area contributed by atoms with E-state index in [4.69, 9.17) is 0 Å². The Morgan fingerprint density at radius 3 is 2.55 bits per heavy atom. The summed E-state index contributed by atoms with van der Waals surface area (Å²) in [6, 6.07) is 11.7. The van der Waals surface area contributed by atoms with Crippen molar-refractivity contribution in [1.29, 1.82) is 0 Å². The Morgan fingerprint density at radius 2 is 2.00 bits per heavy atom. The lowest BCUT2D eigenvalue weighted by molar-refractivity contribution is -0.118. The van der Waals surface area contributed by atoms with E-state index < -0.39 is 0 Å². The molecule has 1 heterocycles. The van der Waals surface area contributed by atoms with E-state index in [1.54, 1.807) is 10.7 Å². The zero-order chi connectivity index (χ0) is 14.5. The summed E-state index contributed by atoms with van der Waals surface area (Å²) in [4.78, 5) is 12.6. The van der Waals surface area contributed by atoms with E-state index in [1.165, 1.54) is 0 Å². The molecule has 0 saturated heterocycles. The summed E-state index contributed by atoms with van der Waals surface area (Å²) in [5.74, 6) is 0.732. The Hall–Kier alpha value is -2.10. The van der Waals surface area contributed by atoms with E-state index >= 15 is 0 Å². The third-order valence-corrected chi connectivity index (χ3v) is 3.62. The highest BCUT2D eigenvalue weighted by Gasteiger charge is 2.26. The van der Waals surface area contributed by atoms with Gasteiger partial charge in [-0.3, -0.25) is 9.48 Å². The number of aryl methyl sites for hydroxylation is 1. The lowest BCUT2D eigenvalue weighted by atomic mass is 9.85. The average molecular weight is 271 g/mol. The van der Waals surface area contributed by atoms with Gasteiger partial charge in [0.1, 0.15) is 0 Å². The van der Waals surface area contributed by atoms with E-state index in [2.05, 4.69) is 24.3 Å². The largest absolute Gasteiger partial charge is 0.309 e. The molecular weight excluding hydrogens is 250 g/mol. The van der Waals surface area contributed by atoms with Crippen molar-refractivity contribution in [2.24, 2.45) is 13.0 Å². The maximum Gasteiger partial charge on any atom is 0.233 e. The molecule has 0 spiro atoms. The molecule has 0 aliphatic heterocycles. The van der Waals surface area contributed by atoms with Crippen LogP contribution in [0.3, 0.4) is 0 Å². The molecule has 1 amide bonds. The molecule has 0 bridgehead atoms. The minimum atomic E-state index is -0.150. The maximum atomic E-state index is 12.6. The van der Waals surface area contributed by atoms with E-state index in [0.717, 1.165) is 12.0 Å². The summed E-state index contributed by atoms with van der Waals surface area (Å²) < 4.78 is 1.68. The molecule has 2 aromatic rings. The summed E-state index contributed by atoms with van der Waals surface area (Å²) in [6.45, 7) is 4.21. The molecule has 0 saturated carbocycles. The molecule has 4 nitrogen and oxygen atoms in total. The lowest BCUT2D eigenvalue weighted by Crippen LogP contribution is -2.26. The third kappa shape index (κ3) is 3.26. The van der Waals surface area contributed by atoms with Crippen LogP contribution in [0.15, 0.2) is 42.6 Å². The van der Waals surface area contributed by atoms with Crippen LogP contribution in [-0.4, -0.2) is 15.7 Å². The first-order chi connectivity index (χ1) is 9.61. The Labute approximate surface area is 119 Å². The minimum absolute atomic E-state index is 0.00394. The number of nitrogens with one attached hydrogen (secondary N) is 1. The smallest absolute Gasteiger partial charge is 0.233 e. The number of carbonyl (C=O) groups excluding carboxylic acids is 1. The number of rotatable bonds is 5. The summed E-state index contributed by atoms with van der Waals surface area (Å²) in [6.07, 6.45) is 2.77. The molecule has 20 heavy (non-hydrogen) atoms. The van der Waals surface area contributed by atoms with Crippen LogP contribution in [0.2, 0.25) is 0 Å². The van der Waals surface area contributed by atoms with Crippen LogP contribution in [0, 0.1) is 5.92 Å². The number of anilines is 1. The van der Waals surface area contributed by atoms with Crippen LogP contribution in [0.5, 0.6) is 0 Å². The van der Waals surface area contributed by atoms with Gasteiger partial charge in [-0.05, 0) is 11.5 Å². The van der Waals surface area contributed by atoms with Gasteiger partial charge in [-0.2, -0.15) is 5.10 Å². The highest BCUT2D eigenvalue weighted by Crippen LogP contribution is 2.28. The first kappa shape index (κ1) is 14.3. The molecule has 106 valence electrons. The van der Waals surface area contributed by atoms with Crippen LogP contribution >= 0.6 is 0 Å². The van der Waals surface area contributed by atoms with Crippen molar-refractivity contribution >= 4 is 11.7 Å². The van der Waals surface area contributed by atoms with Crippen LogP contribution < -0.4 is 5.32 Å². The van der Waals surface area contributed by atoms with Crippen LogP contribution in [-0.2, 0) is 11.8 Å². The van der Waals surface area contributed by atoms with E-state index in [0.29, 0.717) is 5.82 Å².